The van der Waals surface area contributed by atoms with Gasteiger partial charge in [0.05, 0.1) is 12.5 Å². The minimum Gasteiger partial charge on any atom is -0.466 e. The van der Waals surface area contributed by atoms with Crippen molar-refractivity contribution < 1.29 is 9.53 Å². The largest absolute Gasteiger partial charge is 0.466 e. The fourth-order valence-electron chi connectivity index (χ4n) is 2.61. The predicted molar refractivity (Wildman–Crippen MR) is 77.4 cm³/mol. The summed E-state index contributed by atoms with van der Waals surface area (Å²) in [5.74, 6) is 0.0648. The van der Waals surface area contributed by atoms with Crippen molar-refractivity contribution in [3.8, 4) is 0 Å². The van der Waals surface area contributed by atoms with Crippen LogP contribution in [0.1, 0.15) is 32.3 Å². The summed E-state index contributed by atoms with van der Waals surface area (Å²) in [4.78, 5) is 14.1. The highest BCUT2D eigenvalue weighted by Crippen LogP contribution is 2.24. The second-order valence-corrected chi connectivity index (χ2v) is 5.04. The standard InChI is InChI=1S/C16H23NO2/c1-3-13-6-5-7-15(12-13)17-10-8-14(9-11-17)16(18)19-4-2/h5-7,12,14H,3-4,8-11H2,1-2H3. The fourth-order valence-corrected chi connectivity index (χ4v) is 2.61. The summed E-state index contributed by atoms with van der Waals surface area (Å²) in [5, 5.41) is 0. The lowest BCUT2D eigenvalue weighted by Crippen LogP contribution is -2.37. The maximum absolute atomic E-state index is 11.7. The van der Waals surface area contributed by atoms with Crippen molar-refractivity contribution in [1.29, 1.82) is 0 Å². The number of hydrogen-bond donors (Lipinski definition) is 0. The van der Waals surface area contributed by atoms with Crippen molar-refractivity contribution in [2.75, 3.05) is 24.6 Å². The van der Waals surface area contributed by atoms with E-state index in [2.05, 4.69) is 36.1 Å². The Morgan fingerprint density at radius 1 is 1.32 bits per heavy atom. The molecule has 0 spiro atoms. The van der Waals surface area contributed by atoms with Gasteiger partial charge < -0.3 is 9.64 Å². The van der Waals surface area contributed by atoms with Crippen molar-refractivity contribution in [2.24, 2.45) is 5.92 Å². The van der Waals surface area contributed by atoms with E-state index in [0.717, 1.165) is 32.4 Å². The van der Waals surface area contributed by atoms with E-state index >= 15 is 0 Å². The molecule has 104 valence electrons. The smallest absolute Gasteiger partial charge is 0.309 e. The Balaban J connectivity index is 1.94. The monoisotopic (exact) mass is 261 g/mol. The molecule has 0 aromatic heterocycles. The lowest BCUT2D eigenvalue weighted by molar-refractivity contribution is -0.148. The first kappa shape index (κ1) is 13.9. The van der Waals surface area contributed by atoms with E-state index in [-0.39, 0.29) is 11.9 Å². The first-order chi connectivity index (χ1) is 9.24. The van der Waals surface area contributed by atoms with E-state index in [1.807, 2.05) is 6.92 Å². The van der Waals surface area contributed by atoms with Gasteiger partial charge >= 0.3 is 5.97 Å². The fraction of sp³-hybridized carbons (Fsp3) is 0.562. The van der Waals surface area contributed by atoms with Gasteiger partial charge in [-0.15, -0.1) is 0 Å². The highest BCUT2D eigenvalue weighted by Gasteiger charge is 2.25. The number of nitrogens with zero attached hydrogens (tertiary/aromatic N) is 1. The zero-order valence-electron chi connectivity index (χ0n) is 11.9. The number of carbonyl (C=O) groups is 1. The number of piperidine rings is 1. The summed E-state index contributed by atoms with van der Waals surface area (Å²) >= 11 is 0. The van der Waals surface area contributed by atoms with Crippen LogP contribution in [0.15, 0.2) is 24.3 Å². The second-order valence-electron chi connectivity index (χ2n) is 5.04. The van der Waals surface area contributed by atoms with Gasteiger partial charge in [-0.2, -0.15) is 0 Å². The summed E-state index contributed by atoms with van der Waals surface area (Å²) in [5.41, 5.74) is 2.65. The number of rotatable bonds is 4. The van der Waals surface area contributed by atoms with Crippen LogP contribution in [0.4, 0.5) is 5.69 Å². The van der Waals surface area contributed by atoms with E-state index < -0.39 is 0 Å². The summed E-state index contributed by atoms with van der Waals surface area (Å²) in [6.45, 7) is 6.40. The van der Waals surface area contributed by atoms with Gasteiger partial charge in [-0.05, 0) is 43.9 Å². The maximum atomic E-state index is 11.7. The minimum absolute atomic E-state index is 0.0236. The highest BCUT2D eigenvalue weighted by atomic mass is 16.5. The van der Waals surface area contributed by atoms with Crippen molar-refractivity contribution in [1.82, 2.24) is 0 Å². The molecule has 1 aromatic rings. The molecule has 0 amide bonds. The molecule has 3 heteroatoms. The zero-order valence-corrected chi connectivity index (χ0v) is 11.9. The maximum Gasteiger partial charge on any atom is 0.309 e. The van der Waals surface area contributed by atoms with E-state index in [4.69, 9.17) is 4.74 Å². The Morgan fingerprint density at radius 3 is 2.68 bits per heavy atom. The molecule has 1 aliphatic rings. The van der Waals surface area contributed by atoms with Crippen molar-refractivity contribution in [3.63, 3.8) is 0 Å². The molecular formula is C16H23NO2. The number of esters is 1. The van der Waals surface area contributed by atoms with Crippen LogP contribution in [-0.2, 0) is 16.0 Å². The first-order valence-corrected chi connectivity index (χ1v) is 7.25. The number of hydrogen-bond acceptors (Lipinski definition) is 3. The number of ether oxygens (including phenoxy) is 1. The molecule has 0 bridgehead atoms. The molecular weight excluding hydrogens is 238 g/mol. The summed E-state index contributed by atoms with van der Waals surface area (Å²) in [6, 6.07) is 8.69. The molecule has 2 rings (SSSR count). The molecule has 1 aliphatic heterocycles. The number of anilines is 1. The van der Waals surface area contributed by atoms with Gasteiger partial charge in [0.1, 0.15) is 0 Å². The van der Waals surface area contributed by atoms with Gasteiger partial charge in [0.15, 0.2) is 0 Å². The van der Waals surface area contributed by atoms with Crippen LogP contribution >= 0.6 is 0 Å². The lowest BCUT2D eigenvalue weighted by atomic mass is 9.96. The molecule has 1 aromatic carbocycles. The number of aryl methyl sites for hydroxylation is 1. The Morgan fingerprint density at radius 2 is 2.05 bits per heavy atom. The number of carbonyl (C=O) groups excluding carboxylic acids is 1. The molecule has 19 heavy (non-hydrogen) atoms. The Labute approximate surface area is 115 Å². The van der Waals surface area contributed by atoms with Crippen molar-refractivity contribution in [3.05, 3.63) is 29.8 Å². The van der Waals surface area contributed by atoms with E-state index in [1.54, 1.807) is 0 Å². The predicted octanol–water partition coefficient (Wildman–Crippen LogP) is 3.03. The zero-order chi connectivity index (χ0) is 13.7. The number of benzene rings is 1. The highest BCUT2D eigenvalue weighted by molar-refractivity contribution is 5.72. The van der Waals surface area contributed by atoms with Crippen molar-refractivity contribution >= 4 is 11.7 Å². The van der Waals surface area contributed by atoms with Gasteiger partial charge in [0, 0.05) is 18.8 Å². The van der Waals surface area contributed by atoms with Crippen LogP contribution < -0.4 is 4.90 Å². The summed E-state index contributed by atoms with van der Waals surface area (Å²) in [7, 11) is 0. The Hall–Kier alpha value is -1.51. The van der Waals surface area contributed by atoms with Crippen LogP contribution in [0.3, 0.4) is 0 Å². The molecule has 0 radical (unpaired) electrons. The molecule has 1 fully saturated rings. The molecule has 0 N–H and O–H groups in total. The van der Waals surface area contributed by atoms with Crippen LogP contribution in [0, 0.1) is 5.92 Å². The van der Waals surface area contributed by atoms with Gasteiger partial charge in [-0.1, -0.05) is 19.1 Å². The molecule has 1 saturated heterocycles. The van der Waals surface area contributed by atoms with Gasteiger partial charge in [-0.3, -0.25) is 4.79 Å². The lowest BCUT2D eigenvalue weighted by Gasteiger charge is -2.32. The van der Waals surface area contributed by atoms with Crippen LogP contribution in [0.5, 0.6) is 0 Å². The van der Waals surface area contributed by atoms with Crippen LogP contribution in [0.25, 0.3) is 0 Å². The molecule has 0 atom stereocenters. The van der Waals surface area contributed by atoms with E-state index in [0.29, 0.717) is 6.61 Å². The van der Waals surface area contributed by atoms with Gasteiger partial charge in [0.25, 0.3) is 0 Å². The van der Waals surface area contributed by atoms with E-state index in [1.165, 1.54) is 11.3 Å². The minimum atomic E-state index is -0.0236. The van der Waals surface area contributed by atoms with Gasteiger partial charge in [0.2, 0.25) is 0 Å². The molecule has 1 heterocycles. The average molecular weight is 261 g/mol. The second kappa shape index (κ2) is 6.60. The molecule has 3 nitrogen and oxygen atoms in total. The SMILES string of the molecule is CCOC(=O)C1CCN(c2cccc(CC)c2)CC1. The topological polar surface area (TPSA) is 29.5 Å². The van der Waals surface area contributed by atoms with Gasteiger partial charge in [-0.25, -0.2) is 0 Å². The quantitative estimate of drug-likeness (QED) is 0.780. The molecule has 0 saturated carbocycles. The normalized spacial score (nSPS) is 16.4. The van der Waals surface area contributed by atoms with Crippen molar-refractivity contribution in [2.45, 2.75) is 33.1 Å². The molecule has 0 aliphatic carbocycles. The Bertz CT molecular complexity index is 423. The van der Waals surface area contributed by atoms with E-state index in [9.17, 15) is 4.79 Å². The Kier molecular flexibility index (Phi) is 4.83. The van der Waals surface area contributed by atoms with Crippen LogP contribution in [0.2, 0.25) is 0 Å². The first-order valence-electron chi connectivity index (χ1n) is 7.25. The van der Waals surface area contributed by atoms with Crippen LogP contribution in [-0.4, -0.2) is 25.7 Å². The molecule has 0 unspecified atom stereocenters. The third-order valence-electron chi connectivity index (χ3n) is 3.80. The average Bonchev–Trinajstić information content (AvgIpc) is 2.48. The third-order valence-corrected chi connectivity index (χ3v) is 3.80. The third kappa shape index (κ3) is 3.49. The summed E-state index contributed by atoms with van der Waals surface area (Å²) in [6.07, 6.45) is 2.86. The summed E-state index contributed by atoms with van der Waals surface area (Å²) < 4.78 is 5.10.